The largest absolute Gasteiger partial charge is 0.573 e. The maximum absolute atomic E-state index is 13.3. The summed E-state index contributed by atoms with van der Waals surface area (Å²) in [5.74, 6) is -1.47. The first-order valence-corrected chi connectivity index (χ1v) is 12.0. The predicted molar refractivity (Wildman–Crippen MR) is 118 cm³/mol. The highest BCUT2D eigenvalue weighted by molar-refractivity contribution is 7.89. The zero-order valence-electron chi connectivity index (χ0n) is 18.7. The van der Waals surface area contributed by atoms with Gasteiger partial charge in [0.1, 0.15) is 17.5 Å². The third-order valence-corrected chi connectivity index (χ3v) is 7.29. The molecule has 1 aliphatic rings. The summed E-state index contributed by atoms with van der Waals surface area (Å²) in [6.45, 7) is 1.16. The zero-order chi connectivity index (χ0) is 25.8. The molecule has 3 rings (SSSR count). The number of halogens is 3. The standard InChI is InChI=1S/C22H24F3N3O6S/c1-15(29)27-11-12-28(35(32,33)19-7-5-18(6-8-19)34-22(23,24)25)20(14-27)21(31)26-10-9-16-3-2-4-17(30)13-16/h2-8,13,20,30H,9-12,14H2,1H3,(H,26,31)/t20-/m1/s1. The molecule has 2 amide bonds. The molecule has 1 aliphatic heterocycles. The van der Waals surface area contributed by atoms with Gasteiger partial charge in [-0.3, -0.25) is 9.59 Å². The average molecular weight is 516 g/mol. The molecule has 0 unspecified atom stereocenters. The number of aromatic hydroxyl groups is 1. The molecular formula is C22H24F3N3O6S. The van der Waals surface area contributed by atoms with E-state index in [-0.39, 0.29) is 42.7 Å². The van der Waals surface area contributed by atoms with Crippen molar-refractivity contribution in [1.82, 2.24) is 14.5 Å². The first-order chi connectivity index (χ1) is 16.4. The van der Waals surface area contributed by atoms with Crippen molar-refractivity contribution in [3.05, 3.63) is 54.1 Å². The fourth-order valence-electron chi connectivity index (χ4n) is 3.66. The molecule has 190 valence electrons. The summed E-state index contributed by atoms with van der Waals surface area (Å²) in [5.41, 5.74) is 0.755. The lowest BCUT2D eigenvalue weighted by Gasteiger charge is -2.39. The molecule has 0 saturated carbocycles. The van der Waals surface area contributed by atoms with Crippen molar-refractivity contribution in [2.24, 2.45) is 0 Å². The molecule has 0 aromatic heterocycles. The number of hydrogen-bond acceptors (Lipinski definition) is 6. The molecule has 9 nitrogen and oxygen atoms in total. The minimum absolute atomic E-state index is 0.0525. The van der Waals surface area contributed by atoms with Crippen LogP contribution in [0.3, 0.4) is 0 Å². The van der Waals surface area contributed by atoms with Crippen molar-refractivity contribution in [3.63, 3.8) is 0 Å². The highest BCUT2D eigenvalue weighted by atomic mass is 32.2. The summed E-state index contributed by atoms with van der Waals surface area (Å²) in [4.78, 5) is 25.9. The van der Waals surface area contributed by atoms with Gasteiger partial charge in [-0.05, 0) is 48.4 Å². The Balaban J connectivity index is 1.77. The van der Waals surface area contributed by atoms with Gasteiger partial charge in [-0.2, -0.15) is 4.31 Å². The number of ether oxygens (including phenoxy) is 1. The quantitative estimate of drug-likeness (QED) is 0.582. The van der Waals surface area contributed by atoms with Crippen molar-refractivity contribution in [2.75, 3.05) is 26.2 Å². The number of piperazine rings is 1. The summed E-state index contributed by atoms with van der Waals surface area (Å²) < 4.78 is 68.4. The second-order valence-corrected chi connectivity index (χ2v) is 9.72. The van der Waals surface area contributed by atoms with Crippen LogP contribution in [0.1, 0.15) is 12.5 Å². The van der Waals surface area contributed by atoms with Gasteiger partial charge in [0.05, 0.1) is 4.90 Å². The summed E-state index contributed by atoms with van der Waals surface area (Å²) in [6.07, 6.45) is -4.55. The maximum Gasteiger partial charge on any atom is 0.573 e. The normalized spacial score (nSPS) is 17.1. The van der Waals surface area contributed by atoms with Crippen LogP contribution in [0.25, 0.3) is 0 Å². The van der Waals surface area contributed by atoms with Crippen molar-refractivity contribution < 1.29 is 41.0 Å². The minimum Gasteiger partial charge on any atom is -0.508 e. The van der Waals surface area contributed by atoms with Crippen LogP contribution in [0.4, 0.5) is 13.2 Å². The van der Waals surface area contributed by atoms with Gasteiger partial charge in [0.2, 0.25) is 21.8 Å². The van der Waals surface area contributed by atoms with Gasteiger partial charge in [0.15, 0.2) is 0 Å². The third-order valence-electron chi connectivity index (χ3n) is 5.37. The molecule has 2 N–H and O–H groups in total. The number of hydrogen-bond donors (Lipinski definition) is 2. The van der Waals surface area contributed by atoms with Crippen molar-refractivity contribution >= 4 is 21.8 Å². The van der Waals surface area contributed by atoms with Gasteiger partial charge in [-0.1, -0.05) is 12.1 Å². The monoisotopic (exact) mass is 515 g/mol. The zero-order valence-corrected chi connectivity index (χ0v) is 19.5. The Morgan fingerprint density at radius 2 is 1.83 bits per heavy atom. The van der Waals surface area contributed by atoms with E-state index in [4.69, 9.17) is 0 Å². The Kier molecular flexibility index (Phi) is 7.90. The van der Waals surface area contributed by atoms with E-state index in [0.717, 1.165) is 34.1 Å². The molecule has 1 atom stereocenters. The summed E-state index contributed by atoms with van der Waals surface area (Å²) in [7, 11) is -4.28. The number of alkyl halides is 3. The van der Waals surface area contributed by atoms with E-state index in [2.05, 4.69) is 10.1 Å². The first kappa shape index (κ1) is 26.3. The molecule has 1 fully saturated rings. The van der Waals surface area contributed by atoms with Gasteiger partial charge in [0.25, 0.3) is 0 Å². The summed E-state index contributed by atoms with van der Waals surface area (Å²) in [6, 6.07) is 8.87. The molecular weight excluding hydrogens is 491 g/mol. The van der Waals surface area contributed by atoms with E-state index in [1.54, 1.807) is 12.1 Å². The molecule has 0 aliphatic carbocycles. The van der Waals surface area contributed by atoms with Crippen LogP contribution >= 0.6 is 0 Å². The van der Waals surface area contributed by atoms with Gasteiger partial charge in [-0.15, -0.1) is 13.2 Å². The van der Waals surface area contributed by atoms with E-state index in [1.807, 2.05) is 0 Å². The highest BCUT2D eigenvalue weighted by Gasteiger charge is 2.41. The lowest BCUT2D eigenvalue weighted by molar-refractivity contribution is -0.274. The van der Waals surface area contributed by atoms with Gasteiger partial charge in [-0.25, -0.2) is 8.42 Å². The highest BCUT2D eigenvalue weighted by Crippen LogP contribution is 2.27. The second-order valence-electron chi connectivity index (χ2n) is 7.83. The van der Waals surface area contributed by atoms with E-state index < -0.39 is 34.1 Å². The molecule has 35 heavy (non-hydrogen) atoms. The molecule has 2 aromatic rings. The Hall–Kier alpha value is -3.32. The average Bonchev–Trinajstić information content (AvgIpc) is 2.78. The number of benzene rings is 2. The van der Waals surface area contributed by atoms with Crippen LogP contribution in [-0.4, -0.2) is 73.1 Å². The number of amides is 2. The van der Waals surface area contributed by atoms with E-state index in [1.165, 1.54) is 24.0 Å². The van der Waals surface area contributed by atoms with Crippen LogP contribution in [0.15, 0.2) is 53.4 Å². The molecule has 0 spiro atoms. The Bertz CT molecular complexity index is 1170. The number of carbonyl (C=O) groups excluding carboxylic acids is 2. The van der Waals surface area contributed by atoms with Crippen LogP contribution in [0.2, 0.25) is 0 Å². The molecule has 13 heteroatoms. The number of nitrogens with one attached hydrogen (secondary N) is 1. The van der Waals surface area contributed by atoms with Crippen LogP contribution in [0, 0.1) is 0 Å². The number of phenols is 1. The van der Waals surface area contributed by atoms with E-state index >= 15 is 0 Å². The summed E-state index contributed by atoms with van der Waals surface area (Å²) in [5, 5.41) is 12.2. The number of rotatable bonds is 7. The first-order valence-electron chi connectivity index (χ1n) is 10.6. The number of nitrogens with zero attached hydrogens (tertiary/aromatic N) is 2. The van der Waals surface area contributed by atoms with Gasteiger partial charge >= 0.3 is 6.36 Å². The van der Waals surface area contributed by atoms with Crippen molar-refractivity contribution in [3.8, 4) is 11.5 Å². The number of sulfonamides is 1. The lowest BCUT2D eigenvalue weighted by atomic mass is 10.1. The fourth-order valence-corrected chi connectivity index (χ4v) is 5.23. The predicted octanol–water partition coefficient (Wildman–Crippen LogP) is 1.87. The van der Waals surface area contributed by atoms with E-state index in [0.29, 0.717) is 6.42 Å². The van der Waals surface area contributed by atoms with Gasteiger partial charge < -0.3 is 20.1 Å². The molecule has 0 bridgehead atoms. The van der Waals surface area contributed by atoms with Crippen LogP contribution < -0.4 is 10.1 Å². The molecule has 1 heterocycles. The maximum atomic E-state index is 13.3. The minimum atomic E-state index is -4.93. The van der Waals surface area contributed by atoms with Crippen molar-refractivity contribution in [1.29, 1.82) is 0 Å². The fraction of sp³-hybridized carbons (Fsp3) is 0.364. The lowest BCUT2D eigenvalue weighted by Crippen LogP contribution is -2.61. The Morgan fingerprint density at radius 1 is 1.14 bits per heavy atom. The van der Waals surface area contributed by atoms with Gasteiger partial charge in [0, 0.05) is 33.1 Å². The summed E-state index contributed by atoms with van der Waals surface area (Å²) >= 11 is 0. The Labute approximate surface area is 200 Å². The topological polar surface area (TPSA) is 116 Å². The van der Waals surface area contributed by atoms with Crippen LogP contribution in [-0.2, 0) is 26.0 Å². The van der Waals surface area contributed by atoms with Crippen LogP contribution in [0.5, 0.6) is 11.5 Å². The number of carbonyl (C=O) groups is 2. The van der Waals surface area contributed by atoms with Crippen molar-refractivity contribution in [2.45, 2.75) is 30.6 Å². The SMILES string of the molecule is CC(=O)N1CCN(S(=O)(=O)c2ccc(OC(F)(F)F)cc2)[C@@H](C(=O)NCCc2cccc(O)c2)C1. The third kappa shape index (κ3) is 6.85. The van der Waals surface area contributed by atoms with E-state index in [9.17, 15) is 36.3 Å². The second kappa shape index (κ2) is 10.5. The molecule has 0 radical (unpaired) electrons. The molecule has 1 saturated heterocycles. The molecule has 2 aromatic carbocycles. The number of phenolic OH excluding ortho intramolecular Hbond substituents is 1. The smallest absolute Gasteiger partial charge is 0.508 e. The Morgan fingerprint density at radius 3 is 2.43 bits per heavy atom.